The molecule has 4 nitrogen and oxygen atoms in total. The number of aliphatic hydroxyl groups excluding tert-OH is 1. The molecule has 0 radical (unpaired) electrons. The fraction of sp³-hybridized carbons (Fsp3) is 0.562. The van der Waals surface area contributed by atoms with Crippen molar-refractivity contribution in [3.05, 3.63) is 35.1 Å². The number of β-amino-alcohol motifs (C(OH)–C–C–N with tert-alkyl or cyclic N) is 1. The average Bonchev–Trinajstić information content (AvgIpc) is 2.49. The first-order valence-corrected chi connectivity index (χ1v) is 8.87. The van der Waals surface area contributed by atoms with Gasteiger partial charge >= 0.3 is 6.03 Å². The van der Waals surface area contributed by atoms with Gasteiger partial charge in [-0.05, 0) is 41.9 Å². The normalized spacial score (nSPS) is 21.7. The van der Waals surface area contributed by atoms with E-state index in [0.29, 0.717) is 25.4 Å². The Bertz CT molecular complexity index is 527. The number of piperidine rings is 1. The zero-order chi connectivity index (χ0) is 16.1. The molecule has 2 atom stereocenters. The van der Waals surface area contributed by atoms with Crippen LogP contribution in [0.5, 0.6) is 0 Å². The van der Waals surface area contributed by atoms with Gasteiger partial charge in [0.05, 0.1) is 6.10 Å². The third-order valence-electron chi connectivity index (χ3n) is 4.10. The fourth-order valence-corrected chi connectivity index (χ4v) is 3.15. The van der Waals surface area contributed by atoms with Gasteiger partial charge in [-0.25, -0.2) is 9.18 Å². The molecule has 1 aliphatic heterocycles. The van der Waals surface area contributed by atoms with Crippen LogP contribution in [-0.2, 0) is 12.3 Å². The number of urea groups is 1. The molecule has 2 N–H and O–H groups in total. The molecule has 0 saturated carbocycles. The van der Waals surface area contributed by atoms with Crippen molar-refractivity contribution in [1.29, 1.82) is 0 Å². The van der Waals surface area contributed by atoms with Gasteiger partial charge in [-0.2, -0.15) is 11.8 Å². The minimum absolute atomic E-state index is 0.176. The lowest BCUT2D eigenvalue weighted by molar-refractivity contribution is 0.0435. The Morgan fingerprint density at radius 1 is 1.50 bits per heavy atom. The number of rotatable bonds is 4. The molecular formula is C16H23FN2O2S. The molecule has 0 bridgehead atoms. The van der Waals surface area contributed by atoms with Crippen LogP contribution < -0.4 is 5.32 Å². The Morgan fingerprint density at radius 3 is 2.95 bits per heavy atom. The van der Waals surface area contributed by atoms with Crippen molar-refractivity contribution in [3.63, 3.8) is 0 Å². The van der Waals surface area contributed by atoms with Gasteiger partial charge in [-0.3, -0.25) is 0 Å². The van der Waals surface area contributed by atoms with Gasteiger partial charge in [0.15, 0.2) is 0 Å². The zero-order valence-electron chi connectivity index (χ0n) is 13.0. The van der Waals surface area contributed by atoms with Crippen LogP contribution in [0.4, 0.5) is 9.18 Å². The molecule has 0 spiro atoms. The van der Waals surface area contributed by atoms with E-state index in [1.54, 1.807) is 22.7 Å². The van der Waals surface area contributed by atoms with Crippen molar-refractivity contribution >= 4 is 17.8 Å². The largest absolute Gasteiger partial charge is 0.391 e. The van der Waals surface area contributed by atoms with Crippen LogP contribution in [0.3, 0.4) is 0 Å². The third-order valence-corrected chi connectivity index (χ3v) is 4.70. The van der Waals surface area contributed by atoms with E-state index in [9.17, 15) is 14.3 Å². The summed E-state index contributed by atoms with van der Waals surface area (Å²) in [6.07, 6.45) is 2.31. The van der Waals surface area contributed by atoms with Crippen LogP contribution >= 0.6 is 11.8 Å². The zero-order valence-corrected chi connectivity index (χ0v) is 13.8. The highest BCUT2D eigenvalue weighted by atomic mass is 32.2. The highest BCUT2D eigenvalue weighted by Crippen LogP contribution is 2.18. The van der Waals surface area contributed by atoms with Crippen molar-refractivity contribution in [2.45, 2.75) is 31.7 Å². The molecule has 0 aromatic heterocycles. The summed E-state index contributed by atoms with van der Waals surface area (Å²) in [6.45, 7) is 3.39. The number of benzene rings is 1. The molecule has 1 aromatic rings. The number of nitrogens with one attached hydrogen (secondary N) is 1. The minimum atomic E-state index is -0.461. The van der Waals surface area contributed by atoms with Crippen molar-refractivity contribution in [1.82, 2.24) is 10.2 Å². The van der Waals surface area contributed by atoms with E-state index < -0.39 is 6.10 Å². The molecular weight excluding hydrogens is 303 g/mol. The van der Waals surface area contributed by atoms with Crippen LogP contribution in [0.1, 0.15) is 24.5 Å². The van der Waals surface area contributed by atoms with Gasteiger partial charge in [0.1, 0.15) is 5.82 Å². The summed E-state index contributed by atoms with van der Waals surface area (Å²) < 4.78 is 13.3. The second kappa shape index (κ2) is 7.83. The maximum Gasteiger partial charge on any atom is 0.317 e. The number of amides is 2. The van der Waals surface area contributed by atoms with Crippen molar-refractivity contribution in [3.8, 4) is 0 Å². The van der Waals surface area contributed by atoms with E-state index >= 15 is 0 Å². The summed E-state index contributed by atoms with van der Waals surface area (Å²) in [6, 6.07) is 4.47. The molecule has 1 saturated heterocycles. The summed E-state index contributed by atoms with van der Waals surface area (Å²) in [7, 11) is 0. The van der Waals surface area contributed by atoms with Crippen LogP contribution in [0.2, 0.25) is 0 Å². The smallest absolute Gasteiger partial charge is 0.317 e. The molecule has 1 aliphatic rings. The Balaban J connectivity index is 1.94. The van der Waals surface area contributed by atoms with E-state index in [0.717, 1.165) is 17.5 Å². The number of carbonyl (C=O) groups excluding carboxylic acids is 1. The summed E-state index contributed by atoms with van der Waals surface area (Å²) in [5.74, 6) is 0.685. The molecule has 6 heteroatoms. The van der Waals surface area contributed by atoms with E-state index in [1.165, 1.54) is 12.1 Å². The van der Waals surface area contributed by atoms with Crippen molar-refractivity contribution < 1.29 is 14.3 Å². The van der Waals surface area contributed by atoms with Crippen LogP contribution in [0.15, 0.2) is 18.2 Å². The maximum absolute atomic E-state index is 13.3. The van der Waals surface area contributed by atoms with Crippen LogP contribution in [-0.4, -0.2) is 41.5 Å². The molecule has 2 rings (SSSR count). The van der Waals surface area contributed by atoms with Gasteiger partial charge in [0.25, 0.3) is 0 Å². The Labute approximate surface area is 135 Å². The van der Waals surface area contributed by atoms with Gasteiger partial charge in [-0.15, -0.1) is 0 Å². The first kappa shape index (κ1) is 17.1. The van der Waals surface area contributed by atoms with Gasteiger partial charge in [0.2, 0.25) is 0 Å². The van der Waals surface area contributed by atoms with E-state index in [2.05, 4.69) is 5.32 Å². The molecule has 22 heavy (non-hydrogen) atoms. The minimum Gasteiger partial charge on any atom is -0.391 e. The lowest BCUT2D eigenvalue weighted by atomic mass is 9.96. The first-order valence-electron chi connectivity index (χ1n) is 7.48. The Morgan fingerprint density at radius 2 is 2.27 bits per heavy atom. The lowest BCUT2D eigenvalue weighted by Crippen LogP contribution is -2.49. The summed E-state index contributed by atoms with van der Waals surface area (Å²) in [5, 5.41) is 12.7. The molecule has 1 heterocycles. The fourth-order valence-electron chi connectivity index (χ4n) is 2.57. The molecule has 122 valence electrons. The highest BCUT2D eigenvalue weighted by Gasteiger charge is 2.27. The number of aliphatic hydroxyl groups is 1. The van der Waals surface area contributed by atoms with Gasteiger partial charge < -0.3 is 15.3 Å². The number of nitrogens with zero attached hydrogens (tertiary/aromatic N) is 1. The number of hydrogen-bond acceptors (Lipinski definition) is 3. The first-order chi connectivity index (χ1) is 10.5. The lowest BCUT2D eigenvalue weighted by Gasteiger charge is -2.34. The number of halogens is 1. The number of carbonyl (C=O) groups is 1. The number of thioether (sulfide) groups is 1. The summed E-state index contributed by atoms with van der Waals surface area (Å²) >= 11 is 1.62. The summed E-state index contributed by atoms with van der Waals surface area (Å²) in [5.41, 5.74) is 1.83. The molecule has 1 fully saturated rings. The van der Waals surface area contributed by atoms with E-state index in [1.807, 2.05) is 13.2 Å². The van der Waals surface area contributed by atoms with Crippen molar-refractivity contribution in [2.75, 3.05) is 19.3 Å². The number of likely N-dealkylation sites (tertiary alicyclic amines) is 1. The van der Waals surface area contributed by atoms with Crippen LogP contribution in [0.25, 0.3) is 0 Å². The molecule has 2 unspecified atom stereocenters. The maximum atomic E-state index is 13.3. The monoisotopic (exact) mass is 326 g/mol. The third kappa shape index (κ3) is 4.36. The quantitative estimate of drug-likeness (QED) is 0.894. The number of hydrogen-bond donors (Lipinski definition) is 2. The van der Waals surface area contributed by atoms with Gasteiger partial charge in [-0.1, -0.05) is 13.0 Å². The second-order valence-electron chi connectivity index (χ2n) is 5.78. The summed E-state index contributed by atoms with van der Waals surface area (Å²) in [4.78, 5) is 13.8. The Hall–Kier alpha value is -1.27. The van der Waals surface area contributed by atoms with E-state index in [4.69, 9.17) is 0 Å². The van der Waals surface area contributed by atoms with E-state index in [-0.39, 0.29) is 17.8 Å². The SMILES string of the molecule is CSCc1cc(F)ccc1CNC(=O)N1CCC(C)C(O)C1. The molecule has 2 amide bonds. The molecule has 1 aromatic carbocycles. The Kier molecular flexibility index (Phi) is 6.08. The predicted octanol–water partition coefficient (Wildman–Crippen LogP) is 2.60. The highest BCUT2D eigenvalue weighted by molar-refractivity contribution is 7.97. The second-order valence-corrected chi connectivity index (χ2v) is 6.65. The predicted molar refractivity (Wildman–Crippen MR) is 87.2 cm³/mol. The van der Waals surface area contributed by atoms with Gasteiger partial charge in [0, 0.05) is 25.4 Å². The molecule has 0 aliphatic carbocycles. The standard InChI is InChI=1S/C16H23FN2O2S/c1-11-5-6-19(9-15(11)20)16(21)18-8-12-3-4-14(17)7-13(12)10-22-2/h3-4,7,11,15,20H,5-6,8-10H2,1-2H3,(H,18,21). The van der Waals surface area contributed by atoms with Crippen molar-refractivity contribution in [2.24, 2.45) is 5.92 Å². The average molecular weight is 326 g/mol. The topological polar surface area (TPSA) is 52.6 Å². The van der Waals surface area contributed by atoms with Crippen LogP contribution in [0, 0.1) is 11.7 Å².